The lowest BCUT2D eigenvalue weighted by atomic mass is 9.34. The molecule has 200 valence electrons. The Morgan fingerprint density at radius 1 is 0.857 bits per heavy atom. The molecule has 35 heavy (non-hydrogen) atoms. The maximum absolute atomic E-state index is 11.9. The predicted octanol–water partition coefficient (Wildman–Crippen LogP) is 2.78. The maximum atomic E-state index is 11.9. The first kappa shape index (κ1) is 26.1. The number of fused-ring (bicyclic) bond motifs is 5. The highest BCUT2D eigenvalue weighted by atomic mass is 16.3. The summed E-state index contributed by atoms with van der Waals surface area (Å²) in [5, 5.41) is 65.3. The van der Waals surface area contributed by atoms with Gasteiger partial charge in [0.15, 0.2) is 0 Å². The third-order valence-electron chi connectivity index (χ3n) is 13.0. The average molecular weight is 493 g/mol. The Morgan fingerprint density at radius 2 is 1.51 bits per heavy atom. The highest BCUT2D eigenvalue weighted by molar-refractivity contribution is 5.35. The molecule has 1 spiro atoms. The number of hydrogen-bond donors (Lipinski definition) is 6. The zero-order valence-electron chi connectivity index (χ0n) is 22.3. The van der Waals surface area contributed by atoms with Crippen molar-refractivity contribution in [3.8, 4) is 0 Å². The Kier molecular flexibility index (Phi) is 5.80. The van der Waals surface area contributed by atoms with E-state index in [9.17, 15) is 30.6 Å². The molecule has 6 heteroatoms. The Bertz CT molecular complexity index is 896. The van der Waals surface area contributed by atoms with Gasteiger partial charge in [-0.3, -0.25) is 0 Å². The molecule has 0 aromatic rings. The van der Waals surface area contributed by atoms with Crippen molar-refractivity contribution in [2.24, 2.45) is 44.3 Å². The molecule has 6 N–H and O–H groups in total. The van der Waals surface area contributed by atoms with Crippen molar-refractivity contribution in [2.45, 2.75) is 110 Å². The van der Waals surface area contributed by atoms with Gasteiger partial charge in [-0.15, -0.1) is 0 Å². The predicted molar refractivity (Wildman–Crippen MR) is 133 cm³/mol. The number of hydrogen-bond acceptors (Lipinski definition) is 6. The summed E-state index contributed by atoms with van der Waals surface area (Å²) in [5.41, 5.74) is -1.11. The monoisotopic (exact) mass is 492 g/mol. The summed E-state index contributed by atoms with van der Waals surface area (Å²) in [6.07, 6.45) is 5.40. The van der Waals surface area contributed by atoms with Crippen molar-refractivity contribution in [1.82, 2.24) is 0 Å². The molecule has 4 saturated carbocycles. The summed E-state index contributed by atoms with van der Waals surface area (Å²) < 4.78 is 0. The second kappa shape index (κ2) is 7.77. The van der Waals surface area contributed by atoms with E-state index in [1.165, 1.54) is 0 Å². The van der Waals surface area contributed by atoms with Crippen LogP contribution in [0.25, 0.3) is 0 Å². The van der Waals surface area contributed by atoms with E-state index < -0.39 is 29.8 Å². The van der Waals surface area contributed by atoms with Crippen LogP contribution in [0, 0.1) is 44.3 Å². The van der Waals surface area contributed by atoms with Crippen molar-refractivity contribution < 1.29 is 30.6 Å². The molecule has 5 rings (SSSR count). The minimum absolute atomic E-state index is 0.0920. The molecule has 0 saturated heterocycles. The molecule has 5 aliphatic rings. The Hall–Kier alpha value is -0.500. The van der Waals surface area contributed by atoms with E-state index in [2.05, 4.69) is 40.7 Å². The van der Waals surface area contributed by atoms with Crippen LogP contribution >= 0.6 is 0 Å². The Morgan fingerprint density at radius 3 is 2.09 bits per heavy atom. The number of aliphatic hydroxyl groups excluding tert-OH is 6. The first-order chi connectivity index (χ1) is 16.2. The van der Waals surface area contributed by atoms with Crippen LogP contribution in [0.2, 0.25) is 0 Å². The van der Waals surface area contributed by atoms with Gasteiger partial charge >= 0.3 is 0 Å². The topological polar surface area (TPSA) is 121 Å². The molecule has 0 amide bonds. The van der Waals surface area contributed by atoms with Crippen LogP contribution in [0.3, 0.4) is 0 Å². The third-order valence-corrected chi connectivity index (χ3v) is 13.0. The van der Waals surface area contributed by atoms with Gasteiger partial charge in [0.1, 0.15) is 0 Å². The van der Waals surface area contributed by atoms with Crippen molar-refractivity contribution in [3.05, 3.63) is 11.6 Å². The molecule has 10 unspecified atom stereocenters. The summed E-state index contributed by atoms with van der Waals surface area (Å²) >= 11 is 0. The molecule has 4 fully saturated rings. The lowest BCUT2D eigenvalue weighted by Crippen LogP contribution is -2.69. The SMILES string of the molecule is CC1(C)CC2(CCC3(C)C(=CCC4C5(C)CC(O)C(O)C(CO)(CO)C5CCC43C)C2O)CC1O. The molecule has 0 aromatic carbocycles. The lowest BCUT2D eigenvalue weighted by Gasteiger charge is -2.71. The molecule has 0 heterocycles. The average Bonchev–Trinajstić information content (AvgIpc) is 3.03. The van der Waals surface area contributed by atoms with Crippen molar-refractivity contribution in [1.29, 1.82) is 0 Å². The van der Waals surface area contributed by atoms with Gasteiger partial charge in [0.05, 0.1) is 37.6 Å². The molecule has 0 aliphatic heterocycles. The van der Waals surface area contributed by atoms with E-state index in [1.54, 1.807) is 0 Å². The van der Waals surface area contributed by atoms with E-state index in [4.69, 9.17) is 0 Å². The minimum atomic E-state index is -1.14. The molecule has 0 aromatic heterocycles. The van der Waals surface area contributed by atoms with Crippen LogP contribution in [0.15, 0.2) is 11.6 Å². The fraction of sp³-hybridized carbons (Fsp3) is 0.931. The molecule has 0 bridgehead atoms. The fourth-order valence-corrected chi connectivity index (χ4v) is 10.7. The molecular formula is C29H48O6. The van der Waals surface area contributed by atoms with Gasteiger partial charge in [0, 0.05) is 10.8 Å². The van der Waals surface area contributed by atoms with E-state index in [1.807, 2.05) is 0 Å². The van der Waals surface area contributed by atoms with Crippen LogP contribution < -0.4 is 0 Å². The van der Waals surface area contributed by atoms with E-state index in [0.717, 1.165) is 44.1 Å². The smallest absolute Gasteiger partial charge is 0.0902 e. The maximum Gasteiger partial charge on any atom is 0.0902 e. The second-order valence-electron chi connectivity index (χ2n) is 14.7. The van der Waals surface area contributed by atoms with Crippen LogP contribution in [0.1, 0.15) is 86.0 Å². The zero-order chi connectivity index (χ0) is 25.8. The highest BCUT2D eigenvalue weighted by Crippen LogP contribution is 2.74. The summed E-state index contributed by atoms with van der Waals surface area (Å²) in [5.74, 6) is 0.111. The molecule has 6 nitrogen and oxygen atoms in total. The van der Waals surface area contributed by atoms with Gasteiger partial charge in [-0.25, -0.2) is 0 Å². The van der Waals surface area contributed by atoms with Gasteiger partial charge in [-0.1, -0.05) is 40.7 Å². The van der Waals surface area contributed by atoms with Gasteiger partial charge < -0.3 is 30.6 Å². The number of aliphatic hydroxyl groups is 6. The standard InChI is InChI=1S/C29H48O6/c1-24(2)14-28(13-21(24)33)11-10-26(4)17(22(28)34)6-7-19-25(3)12-18(32)23(35)29(15-30,16-31)20(25)8-9-27(19,26)5/h6,18-23,30-35H,7-16H2,1-5H3. The van der Waals surface area contributed by atoms with Gasteiger partial charge in [0.2, 0.25) is 0 Å². The zero-order valence-corrected chi connectivity index (χ0v) is 22.3. The minimum Gasteiger partial charge on any atom is -0.396 e. The molecule has 0 radical (unpaired) electrons. The summed E-state index contributed by atoms with van der Waals surface area (Å²) in [6.45, 7) is 10.4. The Balaban J connectivity index is 1.56. The third kappa shape index (κ3) is 3.04. The van der Waals surface area contributed by atoms with Gasteiger partial charge in [-0.05, 0) is 90.4 Å². The van der Waals surface area contributed by atoms with Crippen LogP contribution in [0.4, 0.5) is 0 Å². The molecule has 5 aliphatic carbocycles. The first-order valence-corrected chi connectivity index (χ1v) is 13.8. The summed E-state index contributed by atoms with van der Waals surface area (Å²) in [6, 6.07) is 0. The van der Waals surface area contributed by atoms with Gasteiger partial charge in [0.25, 0.3) is 0 Å². The van der Waals surface area contributed by atoms with Crippen LogP contribution in [0.5, 0.6) is 0 Å². The fourth-order valence-electron chi connectivity index (χ4n) is 10.7. The van der Waals surface area contributed by atoms with Crippen LogP contribution in [-0.2, 0) is 0 Å². The second-order valence-corrected chi connectivity index (χ2v) is 14.7. The highest BCUT2D eigenvalue weighted by Gasteiger charge is 2.70. The Labute approximate surface area is 210 Å². The lowest BCUT2D eigenvalue weighted by molar-refractivity contribution is -0.257. The van der Waals surface area contributed by atoms with E-state index >= 15 is 0 Å². The number of allylic oxidation sites excluding steroid dienone is 1. The van der Waals surface area contributed by atoms with E-state index in [0.29, 0.717) is 12.8 Å². The van der Waals surface area contributed by atoms with Gasteiger partial charge in [-0.2, -0.15) is 0 Å². The van der Waals surface area contributed by atoms with E-state index in [-0.39, 0.29) is 52.1 Å². The van der Waals surface area contributed by atoms with Crippen molar-refractivity contribution in [3.63, 3.8) is 0 Å². The molecular weight excluding hydrogens is 444 g/mol. The quantitative estimate of drug-likeness (QED) is 0.330. The molecule has 10 atom stereocenters. The summed E-state index contributed by atoms with van der Waals surface area (Å²) in [4.78, 5) is 0. The largest absolute Gasteiger partial charge is 0.396 e. The normalized spacial score (nSPS) is 54.5. The van der Waals surface area contributed by atoms with Crippen molar-refractivity contribution in [2.75, 3.05) is 13.2 Å². The van der Waals surface area contributed by atoms with Crippen molar-refractivity contribution >= 4 is 0 Å². The summed E-state index contributed by atoms with van der Waals surface area (Å²) in [7, 11) is 0. The van der Waals surface area contributed by atoms with Crippen LogP contribution in [-0.4, -0.2) is 68.3 Å². The first-order valence-electron chi connectivity index (χ1n) is 13.8. The number of rotatable bonds is 2.